The first-order valence-corrected chi connectivity index (χ1v) is 6.47. The van der Waals surface area contributed by atoms with Crippen molar-refractivity contribution in [3.63, 3.8) is 0 Å². The van der Waals surface area contributed by atoms with Crippen molar-refractivity contribution >= 4 is 17.5 Å². The molecule has 0 fully saturated rings. The molecule has 19 heavy (non-hydrogen) atoms. The minimum atomic E-state index is -2.89. The number of carbonyl (C=O) groups excluding carboxylic acids is 1. The van der Waals surface area contributed by atoms with E-state index >= 15 is 0 Å². The zero-order valence-corrected chi connectivity index (χ0v) is 11.3. The van der Waals surface area contributed by atoms with Gasteiger partial charge >= 0.3 is 6.61 Å². The molecule has 0 N–H and O–H groups in total. The van der Waals surface area contributed by atoms with Crippen molar-refractivity contribution in [2.45, 2.75) is 25.7 Å². The number of ketones is 1. The maximum absolute atomic E-state index is 12.1. The highest BCUT2D eigenvalue weighted by Crippen LogP contribution is 2.24. The number of ether oxygens (including phenoxy) is 1. The van der Waals surface area contributed by atoms with Crippen LogP contribution in [0.5, 0.6) is 5.75 Å². The predicted molar refractivity (Wildman–Crippen MR) is 69.2 cm³/mol. The Balaban J connectivity index is 2.85. The summed E-state index contributed by atoms with van der Waals surface area (Å²) in [7, 11) is 0. The van der Waals surface area contributed by atoms with Crippen LogP contribution in [0.25, 0.3) is 0 Å². The zero-order chi connectivity index (χ0) is 14.4. The second-order valence-electron chi connectivity index (χ2n) is 4.14. The number of hydrogen-bond donors (Lipinski definition) is 0. The van der Waals surface area contributed by atoms with Crippen molar-refractivity contribution in [3.8, 4) is 11.2 Å². The Kier molecular flexibility index (Phi) is 5.77. The van der Waals surface area contributed by atoms with E-state index in [0.29, 0.717) is 5.56 Å². The third-order valence-electron chi connectivity index (χ3n) is 2.41. The minimum absolute atomic E-state index is 0.000540. The molecule has 1 aromatic rings. The average Bonchev–Trinajstić information content (AvgIpc) is 2.35. The van der Waals surface area contributed by atoms with E-state index in [4.69, 9.17) is 5.26 Å². The highest BCUT2D eigenvalue weighted by molar-refractivity contribution is 8.05. The summed E-state index contributed by atoms with van der Waals surface area (Å²) in [6.07, 6.45) is 0. The summed E-state index contributed by atoms with van der Waals surface area (Å²) in [5.41, 5.74) is 0.378. The van der Waals surface area contributed by atoms with Gasteiger partial charge in [0.25, 0.3) is 0 Å². The van der Waals surface area contributed by atoms with E-state index in [1.54, 1.807) is 0 Å². The molecule has 1 rings (SSSR count). The Bertz CT molecular complexity index is 469. The van der Waals surface area contributed by atoms with Gasteiger partial charge in [0.15, 0.2) is 5.78 Å². The zero-order valence-electron chi connectivity index (χ0n) is 10.5. The van der Waals surface area contributed by atoms with Crippen LogP contribution >= 0.6 is 11.8 Å². The highest BCUT2D eigenvalue weighted by Gasteiger charge is 2.24. The summed E-state index contributed by atoms with van der Waals surface area (Å²) in [6.45, 7) is 0.807. The van der Waals surface area contributed by atoms with Gasteiger partial charge in [0.05, 0.1) is 5.25 Å². The van der Waals surface area contributed by atoms with Gasteiger partial charge in [0, 0.05) is 5.56 Å². The van der Waals surface area contributed by atoms with Gasteiger partial charge in [-0.1, -0.05) is 13.8 Å². The van der Waals surface area contributed by atoms with E-state index < -0.39 is 11.9 Å². The number of carbonyl (C=O) groups is 1. The van der Waals surface area contributed by atoms with Gasteiger partial charge in [-0.15, -0.1) is 0 Å². The van der Waals surface area contributed by atoms with Crippen LogP contribution in [-0.2, 0) is 0 Å². The summed E-state index contributed by atoms with van der Waals surface area (Å²) >= 11 is 0.907. The summed E-state index contributed by atoms with van der Waals surface area (Å²) in [5.74, 6) is -0.181. The van der Waals surface area contributed by atoms with Crippen LogP contribution in [0.15, 0.2) is 24.3 Å². The van der Waals surface area contributed by atoms with E-state index in [1.807, 2.05) is 19.2 Å². The van der Waals surface area contributed by atoms with E-state index in [-0.39, 0.29) is 17.5 Å². The fourth-order valence-electron chi connectivity index (χ4n) is 1.51. The Labute approximate surface area is 114 Å². The first-order chi connectivity index (χ1) is 8.95. The maximum atomic E-state index is 12.1. The molecule has 0 saturated carbocycles. The molecular formula is C13H13F2NO2S. The molecule has 1 aromatic carbocycles. The fourth-order valence-corrected chi connectivity index (χ4v) is 2.14. The number of halogens is 2. The van der Waals surface area contributed by atoms with E-state index in [0.717, 1.165) is 11.8 Å². The van der Waals surface area contributed by atoms with E-state index in [2.05, 4.69) is 4.74 Å². The monoisotopic (exact) mass is 285 g/mol. The van der Waals surface area contributed by atoms with E-state index in [1.165, 1.54) is 24.3 Å². The number of thioether (sulfide) groups is 1. The van der Waals surface area contributed by atoms with Crippen LogP contribution in [-0.4, -0.2) is 17.6 Å². The molecule has 0 heterocycles. The summed E-state index contributed by atoms with van der Waals surface area (Å²) in [5, 5.41) is 10.1. The van der Waals surface area contributed by atoms with E-state index in [9.17, 15) is 13.6 Å². The Hall–Kier alpha value is -1.61. The molecule has 0 saturated heterocycles. The number of thiocyanates is 1. The lowest BCUT2D eigenvalue weighted by atomic mass is 10.0. The van der Waals surface area contributed by atoms with Gasteiger partial charge in [0.1, 0.15) is 11.2 Å². The largest absolute Gasteiger partial charge is 0.435 e. The maximum Gasteiger partial charge on any atom is 0.387 e. The number of alkyl halides is 2. The number of nitriles is 1. The molecule has 1 unspecified atom stereocenters. The molecule has 0 bridgehead atoms. The molecule has 1 atom stereocenters. The van der Waals surface area contributed by atoms with Gasteiger partial charge in [-0.25, -0.2) is 0 Å². The van der Waals surface area contributed by atoms with Crippen molar-refractivity contribution in [1.82, 2.24) is 0 Å². The Morgan fingerprint density at radius 2 is 1.89 bits per heavy atom. The highest BCUT2D eigenvalue weighted by atomic mass is 32.2. The second kappa shape index (κ2) is 7.10. The average molecular weight is 285 g/mol. The van der Waals surface area contributed by atoms with Gasteiger partial charge in [0.2, 0.25) is 0 Å². The van der Waals surface area contributed by atoms with Crippen molar-refractivity contribution in [1.29, 1.82) is 5.26 Å². The number of benzene rings is 1. The SMILES string of the molecule is CC(C)C(SC#N)C(=O)c1ccc(OC(F)F)cc1. The smallest absolute Gasteiger partial charge is 0.387 e. The number of nitrogens with zero attached hydrogens (tertiary/aromatic N) is 1. The third kappa shape index (κ3) is 4.52. The lowest BCUT2D eigenvalue weighted by Gasteiger charge is -2.15. The number of rotatable bonds is 6. The molecule has 0 aliphatic heterocycles. The van der Waals surface area contributed by atoms with Crippen LogP contribution in [0.1, 0.15) is 24.2 Å². The molecule has 0 radical (unpaired) electrons. The Morgan fingerprint density at radius 3 is 2.32 bits per heavy atom. The number of Topliss-reactive ketones (excluding diaryl/α,β-unsaturated/α-hetero) is 1. The lowest BCUT2D eigenvalue weighted by molar-refractivity contribution is -0.0498. The minimum Gasteiger partial charge on any atom is -0.435 e. The van der Waals surface area contributed by atoms with Crippen LogP contribution < -0.4 is 4.74 Å². The summed E-state index contributed by atoms with van der Waals surface area (Å²) in [6, 6.07) is 5.47. The van der Waals surface area contributed by atoms with Gasteiger partial charge in [-0.05, 0) is 41.9 Å². The van der Waals surface area contributed by atoms with Crippen LogP contribution in [0.4, 0.5) is 8.78 Å². The van der Waals surface area contributed by atoms with Gasteiger partial charge < -0.3 is 4.74 Å². The van der Waals surface area contributed by atoms with Gasteiger partial charge in [-0.3, -0.25) is 4.79 Å². The summed E-state index contributed by atoms with van der Waals surface area (Å²) < 4.78 is 28.2. The van der Waals surface area contributed by atoms with Crippen molar-refractivity contribution in [2.24, 2.45) is 5.92 Å². The molecule has 0 aliphatic rings. The molecule has 0 spiro atoms. The normalized spacial score (nSPS) is 12.3. The molecular weight excluding hydrogens is 272 g/mol. The Morgan fingerprint density at radius 1 is 1.32 bits per heavy atom. The topological polar surface area (TPSA) is 50.1 Å². The first-order valence-electron chi connectivity index (χ1n) is 5.59. The molecule has 6 heteroatoms. The number of hydrogen-bond acceptors (Lipinski definition) is 4. The second-order valence-corrected chi connectivity index (χ2v) is 5.07. The predicted octanol–water partition coefficient (Wildman–Crippen LogP) is 3.71. The van der Waals surface area contributed by atoms with Crippen LogP contribution in [0.3, 0.4) is 0 Å². The van der Waals surface area contributed by atoms with Crippen molar-refractivity contribution in [3.05, 3.63) is 29.8 Å². The molecule has 102 valence electrons. The third-order valence-corrected chi connectivity index (χ3v) is 3.53. The van der Waals surface area contributed by atoms with Gasteiger partial charge in [-0.2, -0.15) is 14.0 Å². The van der Waals surface area contributed by atoms with Crippen molar-refractivity contribution in [2.75, 3.05) is 0 Å². The molecule has 3 nitrogen and oxygen atoms in total. The molecule has 0 aromatic heterocycles. The van der Waals surface area contributed by atoms with Crippen molar-refractivity contribution < 1.29 is 18.3 Å². The van der Waals surface area contributed by atoms with Crippen LogP contribution in [0, 0.1) is 16.6 Å². The molecule has 0 aliphatic carbocycles. The molecule has 0 amide bonds. The first kappa shape index (κ1) is 15.4. The van der Waals surface area contributed by atoms with Crippen LogP contribution in [0.2, 0.25) is 0 Å². The fraction of sp³-hybridized carbons (Fsp3) is 0.385. The standard InChI is InChI=1S/C13H13F2NO2S/c1-8(2)12(19-7-16)11(17)9-3-5-10(6-4-9)18-13(14)15/h3-6,8,12-13H,1-2H3. The quantitative estimate of drug-likeness (QED) is 0.590. The lowest BCUT2D eigenvalue weighted by Crippen LogP contribution is -2.22. The summed E-state index contributed by atoms with van der Waals surface area (Å²) in [4.78, 5) is 12.1.